The summed E-state index contributed by atoms with van der Waals surface area (Å²) in [6.07, 6.45) is -2.89. The van der Waals surface area contributed by atoms with Crippen molar-refractivity contribution in [1.29, 1.82) is 0 Å². The van der Waals surface area contributed by atoms with Crippen molar-refractivity contribution in [3.63, 3.8) is 0 Å². The van der Waals surface area contributed by atoms with Crippen molar-refractivity contribution < 1.29 is 17.7 Å². The highest BCUT2D eigenvalue weighted by Gasteiger charge is 2.31. The van der Waals surface area contributed by atoms with Gasteiger partial charge < -0.3 is 4.55 Å². The third kappa shape index (κ3) is 7.28. The van der Waals surface area contributed by atoms with Crippen molar-refractivity contribution in [2.24, 2.45) is 0 Å². The van der Waals surface area contributed by atoms with E-state index in [0.717, 1.165) is 0 Å². The van der Waals surface area contributed by atoms with E-state index in [1.165, 1.54) is 0 Å². The summed E-state index contributed by atoms with van der Waals surface area (Å²) >= 11 is -1.40. The van der Waals surface area contributed by atoms with Gasteiger partial charge in [-0.05, 0) is 33.6 Å². The topological polar surface area (TPSA) is 35.1 Å². The third-order valence-corrected chi connectivity index (χ3v) is 3.99. The molecule has 18 heavy (non-hydrogen) atoms. The minimum atomic E-state index is -3.00. The Hall–Kier alpha value is -0.200. The first-order valence-corrected chi connectivity index (χ1v) is 7.04. The molecule has 6 heteroatoms. The van der Waals surface area contributed by atoms with E-state index in [4.69, 9.17) is 0 Å². The molecule has 0 saturated heterocycles. The predicted molar refractivity (Wildman–Crippen MR) is 69.8 cm³/mol. The maximum atomic E-state index is 13.0. The van der Waals surface area contributed by atoms with Gasteiger partial charge in [-0.3, -0.25) is 0 Å². The van der Waals surface area contributed by atoms with Crippen molar-refractivity contribution in [3.8, 4) is 0 Å². The van der Waals surface area contributed by atoms with Crippen LogP contribution in [-0.4, -0.2) is 27.9 Å². The van der Waals surface area contributed by atoms with Gasteiger partial charge in [-0.2, -0.15) is 0 Å². The van der Waals surface area contributed by atoms with E-state index < -0.39 is 34.7 Å². The number of hydrogen-bond donors (Lipinski definition) is 1. The summed E-state index contributed by atoms with van der Waals surface area (Å²) in [5.74, 6) is 0. The van der Waals surface area contributed by atoms with Gasteiger partial charge in [0.1, 0.15) is 4.75 Å². The second-order valence-electron chi connectivity index (χ2n) is 5.15. The van der Waals surface area contributed by atoms with E-state index in [1.54, 1.807) is 26.8 Å². The Balaban J connectivity index is 4.43. The lowest BCUT2D eigenvalue weighted by atomic mass is 10.1. The number of halogens is 3. The number of nitrogens with one attached hydrogen (secondary N) is 1. The van der Waals surface area contributed by atoms with Crippen LogP contribution in [0.1, 0.15) is 40.0 Å². The average molecular weight is 285 g/mol. The minimum Gasteiger partial charge on any atom is -0.598 e. The van der Waals surface area contributed by atoms with Crippen molar-refractivity contribution in [2.75, 3.05) is 0 Å². The number of rotatable bonds is 8. The Bertz CT molecular complexity index is 246. The van der Waals surface area contributed by atoms with E-state index in [0.29, 0.717) is 12.8 Å². The highest BCUT2D eigenvalue weighted by molar-refractivity contribution is 7.90. The van der Waals surface area contributed by atoms with Crippen molar-refractivity contribution >= 4 is 11.4 Å². The van der Waals surface area contributed by atoms with Gasteiger partial charge in [-0.1, -0.05) is 6.08 Å². The summed E-state index contributed by atoms with van der Waals surface area (Å²) in [7, 11) is 0. The molecule has 0 aromatic heterocycles. The molecule has 0 aliphatic carbocycles. The zero-order valence-electron chi connectivity index (χ0n) is 11.1. The lowest BCUT2D eigenvalue weighted by Gasteiger charge is -2.28. The Morgan fingerprint density at radius 1 is 1.33 bits per heavy atom. The lowest BCUT2D eigenvalue weighted by Crippen LogP contribution is -2.45. The van der Waals surface area contributed by atoms with E-state index in [-0.39, 0.29) is 6.42 Å². The Morgan fingerprint density at radius 3 is 2.28 bits per heavy atom. The molecule has 0 aliphatic rings. The molecule has 0 spiro atoms. The molecular formula is C12H22F3NOS. The number of hydrogen-bond acceptors (Lipinski definition) is 2. The first-order chi connectivity index (χ1) is 8.18. The number of allylic oxidation sites excluding steroid dienone is 1. The quantitative estimate of drug-likeness (QED) is 0.548. The first kappa shape index (κ1) is 17.8. The Morgan fingerprint density at radius 2 is 1.89 bits per heavy atom. The molecule has 3 unspecified atom stereocenters. The van der Waals surface area contributed by atoms with E-state index >= 15 is 0 Å². The van der Waals surface area contributed by atoms with Crippen molar-refractivity contribution in [1.82, 2.24) is 4.72 Å². The minimum absolute atomic E-state index is 0.340. The van der Waals surface area contributed by atoms with Gasteiger partial charge in [0, 0.05) is 17.8 Å². The van der Waals surface area contributed by atoms with E-state index in [9.17, 15) is 17.7 Å². The van der Waals surface area contributed by atoms with Gasteiger partial charge in [0.25, 0.3) is 6.43 Å². The zero-order valence-corrected chi connectivity index (χ0v) is 11.9. The zero-order chi connectivity index (χ0) is 14.3. The molecular weight excluding hydrogens is 263 g/mol. The monoisotopic (exact) mass is 285 g/mol. The fraction of sp³-hybridized carbons (Fsp3) is 0.833. The summed E-state index contributed by atoms with van der Waals surface area (Å²) in [4.78, 5) is 0. The van der Waals surface area contributed by atoms with Crippen LogP contribution < -0.4 is 4.72 Å². The van der Waals surface area contributed by atoms with Crippen LogP contribution in [0, 0.1) is 0 Å². The second-order valence-corrected chi connectivity index (χ2v) is 7.15. The summed E-state index contributed by atoms with van der Waals surface area (Å²) in [5, 5.41) is 0. The standard InChI is InChI=1S/C12H22F3NOS/c1-5-6-7-9(8-10(13)11(14)15)16-18(17)12(2,3)4/h5,9-11,16H,1,6-8H2,2-4H3. The summed E-state index contributed by atoms with van der Waals surface area (Å²) < 4.78 is 51.5. The van der Waals surface area contributed by atoms with Gasteiger partial charge in [0.2, 0.25) is 0 Å². The van der Waals surface area contributed by atoms with E-state index in [2.05, 4.69) is 11.3 Å². The fourth-order valence-corrected chi connectivity index (χ4v) is 2.12. The average Bonchev–Trinajstić information content (AvgIpc) is 2.24. The van der Waals surface area contributed by atoms with E-state index in [1.807, 2.05) is 0 Å². The third-order valence-electron chi connectivity index (χ3n) is 2.33. The van der Waals surface area contributed by atoms with Gasteiger partial charge in [-0.25, -0.2) is 13.2 Å². The van der Waals surface area contributed by atoms with Crippen LogP contribution in [0.4, 0.5) is 13.2 Å². The normalized spacial score (nSPS) is 17.6. The molecule has 0 aromatic carbocycles. The smallest absolute Gasteiger partial charge is 0.269 e. The predicted octanol–water partition coefficient (Wildman–Crippen LogP) is 3.37. The van der Waals surface area contributed by atoms with Crippen LogP contribution in [0.2, 0.25) is 0 Å². The molecule has 0 rings (SSSR count). The Kier molecular flexibility index (Phi) is 7.98. The van der Waals surface area contributed by atoms with Crippen LogP contribution in [-0.2, 0) is 11.4 Å². The molecule has 1 N–H and O–H groups in total. The van der Waals surface area contributed by atoms with Gasteiger partial charge in [0.05, 0.1) is 6.04 Å². The Labute approximate surface area is 110 Å². The van der Waals surface area contributed by atoms with Crippen LogP contribution in [0.15, 0.2) is 12.7 Å². The van der Waals surface area contributed by atoms with Crippen LogP contribution in [0.25, 0.3) is 0 Å². The highest BCUT2D eigenvalue weighted by atomic mass is 32.2. The maximum Gasteiger partial charge on any atom is 0.269 e. The molecule has 108 valence electrons. The lowest BCUT2D eigenvalue weighted by molar-refractivity contribution is 0.0404. The summed E-state index contributed by atoms with van der Waals surface area (Å²) in [6.45, 7) is 8.82. The van der Waals surface area contributed by atoms with Gasteiger partial charge in [0.15, 0.2) is 6.17 Å². The molecule has 0 saturated carbocycles. The molecule has 0 heterocycles. The fourth-order valence-electron chi connectivity index (χ4n) is 1.25. The maximum absolute atomic E-state index is 13.0. The molecule has 0 radical (unpaired) electrons. The molecule has 3 atom stereocenters. The number of alkyl halides is 3. The summed E-state index contributed by atoms with van der Waals surface area (Å²) in [6, 6.07) is -0.535. The van der Waals surface area contributed by atoms with Gasteiger partial charge in [-0.15, -0.1) is 11.3 Å². The first-order valence-electron chi connectivity index (χ1n) is 5.89. The van der Waals surface area contributed by atoms with Crippen molar-refractivity contribution in [2.45, 2.75) is 63.4 Å². The van der Waals surface area contributed by atoms with Crippen LogP contribution in [0.5, 0.6) is 0 Å². The van der Waals surface area contributed by atoms with Gasteiger partial charge >= 0.3 is 0 Å². The largest absolute Gasteiger partial charge is 0.598 e. The van der Waals surface area contributed by atoms with Crippen molar-refractivity contribution in [3.05, 3.63) is 12.7 Å². The molecule has 0 fully saturated rings. The molecule has 0 amide bonds. The molecule has 2 nitrogen and oxygen atoms in total. The highest BCUT2D eigenvalue weighted by Crippen LogP contribution is 2.19. The van der Waals surface area contributed by atoms with Crippen LogP contribution in [0.3, 0.4) is 0 Å². The van der Waals surface area contributed by atoms with Crippen LogP contribution >= 0.6 is 0 Å². The molecule has 0 bridgehead atoms. The summed E-state index contributed by atoms with van der Waals surface area (Å²) in [5.41, 5.74) is 0. The molecule has 0 aromatic rings. The second kappa shape index (κ2) is 8.07. The SMILES string of the molecule is C=CCCC(CC(F)C(F)F)N[S+]([O-])C(C)(C)C. The molecule has 0 aliphatic heterocycles.